The highest BCUT2D eigenvalue weighted by molar-refractivity contribution is 7.80. The molecule has 1 atom stereocenters. The van der Waals surface area contributed by atoms with Crippen molar-refractivity contribution in [3.8, 4) is 11.1 Å². The van der Waals surface area contributed by atoms with Gasteiger partial charge in [-0.1, -0.05) is 66.7 Å². The Morgan fingerprint density at radius 3 is 2.14 bits per heavy atom. The number of aromatic nitrogens is 1. The fourth-order valence-corrected chi connectivity index (χ4v) is 8.65. The first-order valence-electron chi connectivity index (χ1n) is 12.5. The van der Waals surface area contributed by atoms with Crippen LogP contribution in [0.25, 0.3) is 32.8 Å². The number of anilines is 2. The molecule has 4 heteroatoms. The van der Waals surface area contributed by atoms with Gasteiger partial charge in [0.05, 0.1) is 16.9 Å². The third-order valence-electron chi connectivity index (χ3n) is 7.54. The summed E-state index contributed by atoms with van der Waals surface area (Å²) in [6.45, 7) is 4.30. The van der Waals surface area contributed by atoms with E-state index in [0.717, 1.165) is 49.4 Å². The summed E-state index contributed by atoms with van der Waals surface area (Å²) < 4.78 is 17.8. The zero-order valence-electron chi connectivity index (χ0n) is 20.7. The van der Waals surface area contributed by atoms with Gasteiger partial charge in [0.15, 0.2) is 0 Å². The molecule has 37 heavy (non-hydrogen) atoms. The maximum Gasteiger partial charge on any atom is 0.234 e. The van der Waals surface area contributed by atoms with Gasteiger partial charge in [0.1, 0.15) is 0 Å². The van der Waals surface area contributed by atoms with Crippen LogP contribution in [0.2, 0.25) is 0 Å². The molecule has 2 heterocycles. The predicted molar refractivity (Wildman–Crippen MR) is 156 cm³/mol. The van der Waals surface area contributed by atoms with E-state index in [1.807, 2.05) is 72.9 Å². The molecule has 0 saturated carbocycles. The number of fused-ring (bicyclic) bond motifs is 5. The molecule has 0 amide bonds. The molecule has 0 N–H and O–H groups in total. The second kappa shape index (κ2) is 8.16. The summed E-state index contributed by atoms with van der Waals surface area (Å²) in [6, 6.07) is 37.2. The van der Waals surface area contributed by atoms with E-state index in [1.165, 1.54) is 16.5 Å². The molecule has 0 fully saturated rings. The summed E-state index contributed by atoms with van der Waals surface area (Å²) in [5.41, 5.74) is 7.25. The largest absolute Gasteiger partial charge is 0.289 e. The Balaban J connectivity index is 1.66. The number of nitrogens with zero attached hydrogens (tertiary/aromatic N) is 2. The van der Waals surface area contributed by atoms with Gasteiger partial charge in [-0.2, -0.15) is 0 Å². The zero-order valence-corrected chi connectivity index (χ0v) is 21.6. The average molecular weight is 497 g/mol. The second-order valence-corrected chi connectivity index (χ2v) is 12.3. The van der Waals surface area contributed by atoms with Crippen molar-refractivity contribution in [1.82, 2.24) is 4.98 Å². The molecule has 6 aromatic rings. The first kappa shape index (κ1) is 22.0. The molecular formula is C33H25N2OP. The fraction of sp³-hybridized carbons (Fsp3) is 0.0606. The summed E-state index contributed by atoms with van der Waals surface area (Å²) in [5, 5.41) is 5.00. The Morgan fingerprint density at radius 1 is 0.622 bits per heavy atom. The van der Waals surface area contributed by atoms with Crippen LogP contribution < -0.4 is 15.3 Å². The first-order valence-corrected chi connectivity index (χ1v) is 14.2. The Labute approximate surface area is 216 Å². The summed E-state index contributed by atoms with van der Waals surface area (Å²) in [7, 11) is -3.33. The minimum Gasteiger partial charge on any atom is -0.289 e. The number of rotatable bonds is 2. The lowest BCUT2D eigenvalue weighted by molar-refractivity contribution is 0.587. The van der Waals surface area contributed by atoms with Gasteiger partial charge < -0.3 is 0 Å². The molecule has 1 aromatic heterocycles. The summed E-state index contributed by atoms with van der Waals surface area (Å²) in [4.78, 5) is 4.77. The number of benzene rings is 5. The highest BCUT2D eigenvalue weighted by Crippen LogP contribution is 2.62. The molecular weight excluding hydrogens is 471 g/mol. The number of hydrogen-bond donors (Lipinski definition) is 0. The van der Waals surface area contributed by atoms with E-state index in [-0.39, 0.29) is 0 Å². The van der Waals surface area contributed by atoms with Crippen LogP contribution in [0.3, 0.4) is 0 Å². The normalized spacial score (nSPS) is 16.5. The zero-order chi connectivity index (χ0) is 25.1. The number of pyridine rings is 1. The molecule has 0 aliphatic carbocycles. The molecule has 0 spiro atoms. The quantitative estimate of drug-likeness (QED) is 0.227. The molecule has 1 aliphatic rings. The van der Waals surface area contributed by atoms with Gasteiger partial charge in [-0.05, 0) is 83.8 Å². The molecule has 178 valence electrons. The Kier molecular flexibility index (Phi) is 4.86. The van der Waals surface area contributed by atoms with Crippen LogP contribution in [0.4, 0.5) is 11.4 Å². The smallest absolute Gasteiger partial charge is 0.234 e. The van der Waals surface area contributed by atoms with E-state index < -0.39 is 7.29 Å². The minimum atomic E-state index is -3.33. The third kappa shape index (κ3) is 3.21. The number of hydrogen-bond acceptors (Lipinski definition) is 2. The van der Waals surface area contributed by atoms with Crippen LogP contribution in [0.1, 0.15) is 11.1 Å². The Hall–Kier alpha value is -4.20. The predicted octanol–water partition coefficient (Wildman–Crippen LogP) is 8.05. The minimum absolute atomic E-state index is 0.807. The van der Waals surface area contributed by atoms with E-state index in [2.05, 4.69) is 61.0 Å². The van der Waals surface area contributed by atoms with E-state index >= 15 is 4.57 Å². The topological polar surface area (TPSA) is 33.2 Å². The van der Waals surface area contributed by atoms with Gasteiger partial charge in [0.25, 0.3) is 0 Å². The average Bonchev–Trinajstić information content (AvgIpc) is 2.94. The van der Waals surface area contributed by atoms with Gasteiger partial charge in [0.2, 0.25) is 7.29 Å². The Bertz CT molecular complexity index is 1890. The Morgan fingerprint density at radius 2 is 1.32 bits per heavy atom. The van der Waals surface area contributed by atoms with Crippen LogP contribution >= 0.6 is 7.29 Å². The van der Waals surface area contributed by atoms with Crippen LogP contribution in [0.5, 0.6) is 0 Å². The maximum absolute atomic E-state index is 15.8. The van der Waals surface area contributed by atoms with E-state index in [1.54, 1.807) is 0 Å². The van der Waals surface area contributed by atoms with Crippen LogP contribution in [0.15, 0.2) is 115 Å². The number of para-hydroxylation sites is 1. The molecule has 5 aromatic carbocycles. The van der Waals surface area contributed by atoms with E-state index in [9.17, 15) is 0 Å². The highest BCUT2D eigenvalue weighted by Gasteiger charge is 2.43. The van der Waals surface area contributed by atoms with Crippen LogP contribution in [-0.2, 0) is 4.57 Å². The molecule has 1 unspecified atom stereocenters. The van der Waals surface area contributed by atoms with Gasteiger partial charge in [0, 0.05) is 27.8 Å². The van der Waals surface area contributed by atoms with Crippen molar-refractivity contribution in [2.24, 2.45) is 0 Å². The lowest BCUT2D eigenvalue weighted by Crippen LogP contribution is -2.33. The summed E-state index contributed by atoms with van der Waals surface area (Å²) >= 11 is 0. The van der Waals surface area contributed by atoms with Crippen molar-refractivity contribution in [1.29, 1.82) is 0 Å². The molecule has 7 rings (SSSR count). The van der Waals surface area contributed by atoms with Crippen molar-refractivity contribution >= 4 is 51.0 Å². The molecule has 0 saturated heterocycles. The van der Waals surface area contributed by atoms with Crippen molar-refractivity contribution in [2.45, 2.75) is 13.8 Å². The van der Waals surface area contributed by atoms with E-state index in [4.69, 9.17) is 4.98 Å². The molecule has 3 nitrogen and oxygen atoms in total. The highest BCUT2D eigenvalue weighted by atomic mass is 31.2. The summed E-state index contributed by atoms with van der Waals surface area (Å²) in [5.74, 6) is 0. The van der Waals surface area contributed by atoms with Gasteiger partial charge in [-0.15, -0.1) is 0 Å². The lowest BCUT2D eigenvalue weighted by Gasteiger charge is -2.40. The maximum atomic E-state index is 15.8. The van der Waals surface area contributed by atoms with Crippen molar-refractivity contribution < 1.29 is 4.57 Å². The lowest BCUT2D eigenvalue weighted by atomic mass is 9.95. The van der Waals surface area contributed by atoms with Crippen LogP contribution in [0, 0.1) is 13.8 Å². The van der Waals surface area contributed by atoms with Crippen molar-refractivity contribution in [3.05, 3.63) is 127 Å². The van der Waals surface area contributed by atoms with Gasteiger partial charge >= 0.3 is 0 Å². The van der Waals surface area contributed by atoms with Crippen molar-refractivity contribution in [2.75, 3.05) is 4.67 Å². The van der Waals surface area contributed by atoms with E-state index in [0.29, 0.717) is 0 Å². The van der Waals surface area contributed by atoms with Gasteiger partial charge in [-0.25, -0.2) is 0 Å². The standard InChI is InChI=1S/C33H25N2OP/c1-22-18-25-20-29-28-14-6-7-16-32(28)37(36,27-12-4-3-5-13-27)35(31(29)21-26(25)19-23(22)2)30-15-8-10-24-11-9-17-34-33(24)30/h3-21H,1-2H3. The van der Waals surface area contributed by atoms with Crippen molar-refractivity contribution in [3.63, 3.8) is 0 Å². The SMILES string of the molecule is Cc1cc2cc3c(cc2cc1C)N(c1cccc2cccnc12)P(=O)(c1ccccc1)c1ccccc1-3. The van der Waals surface area contributed by atoms with Gasteiger partial charge in [-0.3, -0.25) is 14.2 Å². The molecule has 1 aliphatic heterocycles. The second-order valence-electron chi connectivity index (χ2n) is 9.75. The third-order valence-corrected chi connectivity index (χ3v) is 10.6. The number of aryl methyl sites for hydroxylation is 2. The molecule has 0 radical (unpaired) electrons. The van der Waals surface area contributed by atoms with Crippen LogP contribution in [-0.4, -0.2) is 4.98 Å². The fourth-order valence-electron chi connectivity index (χ4n) is 5.61. The first-order chi connectivity index (χ1) is 18.1. The summed E-state index contributed by atoms with van der Waals surface area (Å²) in [6.07, 6.45) is 1.81. The monoisotopic (exact) mass is 496 g/mol. The molecule has 0 bridgehead atoms.